The summed E-state index contributed by atoms with van der Waals surface area (Å²) in [5.74, 6) is 2.26. The van der Waals surface area contributed by atoms with Crippen molar-refractivity contribution < 1.29 is 19.0 Å². The summed E-state index contributed by atoms with van der Waals surface area (Å²) in [5.41, 5.74) is 3.06. The van der Waals surface area contributed by atoms with Crippen LogP contribution in [0.4, 0.5) is 0 Å². The number of ether oxygens (including phenoxy) is 3. The van der Waals surface area contributed by atoms with Gasteiger partial charge in [0.2, 0.25) is 5.88 Å². The van der Waals surface area contributed by atoms with E-state index in [1.54, 1.807) is 31.0 Å². The van der Waals surface area contributed by atoms with Crippen molar-refractivity contribution in [3.05, 3.63) is 90.0 Å². The standard InChI is InChI=1S/C29H31N3O4/c1-20(2)32(28(33)22-14-11-15-23(18-22)34-4)19-24-27(21-12-7-6-8-13-21)30-31(3)29(24)36-26-17-10-9-16-25(26)35-5/h6-18,20H,19H2,1-5H3. The Labute approximate surface area is 211 Å². The van der Waals surface area contributed by atoms with Gasteiger partial charge in [-0.25, -0.2) is 4.68 Å². The molecule has 36 heavy (non-hydrogen) atoms. The van der Waals surface area contributed by atoms with Gasteiger partial charge in [0.1, 0.15) is 11.4 Å². The molecule has 7 heteroatoms. The fraction of sp³-hybridized carbons (Fsp3) is 0.241. The van der Waals surface area contributed by atoms with E-state index in [0.717, 1.165) is 16.8 Å². The summed E-state index contributed by atoms with van der Waals surface area (Å²) in [7, 11) is 5.03. The van der Waals surface area contributed by atoms with Gasteiger partial charge >= 0.3 is 0 Å². The Kier molecular flexibility index (Phi) is 7.59. The smallest absolute Gasteiger partial charge is 0.254 e. The number of carbonyl (C=O) groups is 1. The molecule has 3 aromatic carbocycles. The Morgan fingerprint density at radius 2 is 1.61 bits per heavy atom. The van der Waals surface area contributed by atoms with E-state index >= 15 is 0 Å². The molecular weight excluding hydrogens is 454 g/mol. The zero-order valence-corrected chi connectivity index (χ0v) is 21.3. The van der Waals surface area contributed by atoms with Gasteiger partial charge in [-0.2, -0.15) is 5.10 Å². The predicted octanol–water partition coefficient (Wildman–Crippen LogP) is 5.95. The van der Waals surface area contributed by atoms with Crippen LogP contribution in [0.2, 0.25) is 0 Å². The topological polar surface area (TPSA) is 65.8 Å². The van der Waals surface area contributed by atoms with E-state index in [9.17, 15) is 4.79 Å². The average Bonchev–Trinajstić information content (AvgIpc) is 3.22. The molecule has 0 radical (unpaired) electrons. The van der Waals surface area contributed by atoms with Crippen molar-refractivity contribution in [1.29, 1.82) is 0 Å². The van der Waals surface area contributed by atoms with Gasteiger partial charge in [0.15, 0.2) is 11.5 Å². The van der Waals surface area contributed by atoms with E-state index in [1.807, 2.05) is 92.5 Å². The van der Waals surface area contributed by atoms with E-state index < -0.39 is 0 Å². The number of aromatic nitrogens is 2. The molecule has 7 nitrogen and oxygen atoms in total. The number of benzene rings is 3. The van der Waals surface area contributed by atoms with Crippen LogP contribution in [-0.2, 0) is 13.6 Å². The fourth-order valence-corrected chi connectivity index (χ4v) is 4.04. The summed E-state index contributed by atoms with van der Waals surface area (Å²) in [5, 5.41) is 4.80. The van der Waals surface area contributed by atoms with Gasteiger partial charge in [0.05, 0.1) is 26.3 Å². The van der Waals surface area contributed by atoms with Gasteiger partial charge in [-0.05, 0) is 44.2 Å². The van der Waals surface area contributed by atoms with Crippen LogP contribution in [0.5, 0.6) is 23.1 Å². The normalized spacial score (nSPS) is 10.8. The third-order valence-electron chi connectivity index (χ3n) is 5.94. The molecule has 0 saturated carbocycles. The molecule has 0 aliphatic carbocycles. The summed E-state index contributed by atoms with van der Waals surface area (Å²) in [6.07, 6.45) is 0. The minimum atomic E-state index is -0.102. The first-order valence-electron chi connectivity index (χ1n) is 11.8. The molecule has 0 aliphatic heterocycles. The maximum atomic E-state index is 13.7. The molecule has 0 unspecified atom stereocenters. The van der Waals surface area contributed by atoms with Gasteiger partial charge in [-0.15, -0.1) is 0 Å². The molecule has 4 rings (SSSR count). The zero-order chi connectivity index (χ0) is 25.7. The van der Waals surface area contributed by atoms with Crippen LogP contribution in [0.1, 0.15) is 29.8 Å². The summed E-state index contributed by atoms with van der Waals surface area (Å²) in [4.78, 5) is 15.5. The van der Waals surface area contributed by atoms with E-state index in [1.165, 1.54) is 0 Å². The van der Waals surface area contributed by atoms with Crippen molar-refractivity contribution in [1.82, 2.24) is 14.7 Å². The molecule has 0 saturated heterocycles. The SMILES string of the molecule is COc1cccc(C(=O)N(Cc2c(-c3ccccc3)nn(C)c2Oc2ccccc2OC)C(C)C)c1. The lowest BCUT2D eigenvalue weighted by Gasteiger charge is -2.27. The number of rotatable bonds is 9. The summed E-state index contributed by atoms with van der Waals surface area (Å²) in [6, 6.07) is 24.5. The average molecular weight is 486 g/mol. The predicted molar refractivity (Wildman–Crippen MR) is 140 cm³/mol. The highest BCUT2D eigenvalue weighted by atomic mass is 16.5. The van der Waals surface area contributed by atoms with E-state index in [2.05, 4.69) is 0 Å². The Morgan fingerprint density at radius 3 is 2.28 bits per heavy atom. The lowest BCUT2D eigenvalue weighted by molar-refractivity contribution is 0.0689. The first-order valence-corrected chi connectivity index (χ1v) is 11.8. The number of carbonyl (C=O) groups excluding carboxylic acids is 1. The molecule has 0 bridgehead atoms. The van der Waals surface area contributed by atoms with Gasteiger partial charge in [0, 0.05) is 24.2 Å². The Bertz CT molecular complexity index is 1330. The Morgan fingerprint density at radius 1 is 0.917 bits per heavy atom. The highest BCUT2D eigenvalue weighted by Gasteiger charge is 2.27. The van der Waals surface area contributed by atoms with Crippen LogP contribution in [0.3, 0.4) is 0 Å². The van der Waals surface area contributed by atoms with Crippen LogP contribution in [-0.4, -0.2) is 40.8 Å². The van der Waals surface area contributed by atoms with Crippen molar-refractivity contribution in [3.63, 3.8) is 0 Å². The number of hydrogen-bond acceptors (Lipinski definition) is 5. The van der Waals surface area contributed by atoms with Gasteiger partial charge in [-0.1, -0.05) is 48.5 Å². The van der Waals surface area contributed by atoms with Crippen molar-refractivity contribution >= 4 is 5.91 Å². The summed E-state index contributed by atoms with van der Waals surface area (Å²) in [6.45, 7) is 4.30. The van der Waals surface area contributed by atoms with Crippen molar-refractivity contribution in [2.75, 3.05) is 14.2 Å². The highest BCUT2D eigenvalue weighted by Crippen LogP contribution is 2.37. The second-order valence-electron chi connectivity index (χ2n) is 8.63. The van der Waals surface area contributed by atoms with Crippen LogP contribution >= 0.6 is 0 Å². The zero-order valence-electron chi connectivity index (χ0n) is 21.3. The number of methoxy groups -OCH3 is 2. The number of hydrogen-bond donors (Lipinski definition) is 0. The molecule has 1 aromatic heterocycles. The molecule has 0 fully saturated rings. The van der Waals surface area contributed by atoms with Crippen LogP contribution in [0.15, 0.2) is 78.9 Å². The largest absolute Gasteiger partial charge is 0.497 e. The second-order valence-corrected chi connectivity index (χ2v) is 8.63. The van der Waals surface area contributed by atoms with E-state index in [0.29, 0.717) is 35.2 Å². The van der Waals surface area contributed by atoms with Crippen LogP contribution < -0.4 is 14.2 Å². The van der Waals surface area contributed by atoms with E-state index in [-0.39, 0.29) is 11.9 Å². The Balaban J connectivity index is 1.80. The molecule has 1 amide bonds. The molecule has 0 atom stereocenters. The summed E-state index contributed by atoms with van der Waals surface area (Å²) < 4.78 is 18.9. The summed E-state index contributed by atoms with van der Waals surface area (Å²) >= 11 is 0. The number of para-hydroxylation sites is 2. The fourth-order valence-electron chi connectivity index (χ4n) is 4.04. The first kappa shape index (κ1) is 24.9. The number of amides is 1. The van der Waals surface area contributed by atoms with Crippen molar-refractivity contribution in [3.8, 4) is 34.4 Å². The maximum Gasteiger partial charge on any atom is 0.254 e. The highest BCUT2D eigenvalue weighted by molar-refractivity contribution is 5.95. The molecule has 0 N–H and O–H groups in total. The third kappa shape index (κ3) is 5.20. The maximum absolute atomic E-state index is 13.7. The lowest BCUT2D eigenvalue weighted by Crippen LogP contribution is -2.36. The lowest BCUT2D eigenvalue weighted by atomic mass is 10.1. The van der Waals surface area contributed by atoms with Gasteiger partial charge < -0.3 is 19.1 Å². The second kappa shape index (κ2) is 11.0. The third-order valence-corrected chi connectivity index (χ3v) is 5.94. The molecule has 1 heterocycles. The number of aryl methyl sites for hydroxylation is 1. The Hall–Kier alpha value is -4.26. The minimum Gasteiger partial charge on any atom is -0.497 e. The molecule has 0 aliphatic rings. The van der Waals surface area contributed by atoms with Crippen LogP contribution in [0.25, 0.3) is 11.3 Å². The van der Waals surface area contributed by atoms with Gasteiger partial charge in [-0.3, -0.25) is 4.79 Å². The molecule has 0 spiro atoms. The van der Waals surface area contributed by atoms with Crippen LogP contribution in [0, 0.1) is 0 Å². The van der Waals surface area contributed by atoms with E-state index in [4.69, 9.17) is 19.3 Å². The first-order chi connectivity index (χ1) is 17.4. The quantitative estimate of drug-likeness (QED) is 0.293. The molecule has 4 aromatic rings. The minimum absolute atomic E-state index is 0.0772. The number of nitrogens with zero attached hydrogens (tertiary/aromatic N) is 3. The molecular formula is C29H31N3O4. The van der Waals surface area contributed by atoms with Crippen molar-refractivity contribution in [2.24, 2.45) is 7.05 Å². The monoisotopic (exact) mass is 485 g/mol. The van der Waals surface area contributed by atoms with Crippen molar-refractivity contribution in [2.45, 2.75) is 26.4 Å². The van der Waals surface area contributed by atoms with Gasteiger partial charge in [0.25, 0.3) is 5.91 Å². The molecule has 186 valence electrons.